The fourth-order valence-electron chi connectivity index (χ4n) is 5.28. The number of hydrogen-bond acceptors (Lipinski definition) is 10. The molecule has 31 heavy (non-hydrogen) atoms. The molecular formula is C21H38N6O4. The Kier molecular flexibility index (Phi) is 5.92. The van der Waals surface area contributed by atoms with Crippen molar-refractivity contribution in [1.29, 1.82) is 0 Å². The van der Waals surface area contributed by atoms with E-state index in [0.29, 0.717) is 25.7 Å². The third-order valence-electron chi connectivity index (χ3n) is 6.36. The van der Waals surface area contributed by atoms with Crippen molar-refractivity contribution in [2.45, 2.75) is 115 Å². The highest BCUT2D eigenvalue weighted by molar-refractivity contribution is 5.21. The number of piperidine rings is 2. The van der Waals surface area contributed by atoms with E-state index in [1.165, 1.54) is 10.1 Å². The van der Waals surface area contributed by atoms with Gasteiger partial charge >= 0.3 is 12.0 Å². The van der Waals surface area contributed by atoms with E-state index in [1.54, 1.807) is 0 Å². The fraction of sp³-hybridized carbons (Fsp3) is 0.857. The summed E-state index contributed by atoms with van der Waals surface area (Å²) in [6.07, 6.45) is 2.02. The van der Waals surface area contributed by atoms with Gasteiger partial charge < -0.3 is 25.6 Å². The van der Waals surface area contributed by atoms with E-state index < -0.39 is 22.2 Å². The Balaban J connectivity index is 1.75. The summed E-state index contributed by atoms with van der Waals surface area (Å²) in [5, 5.41) is 23.8. The molecule has 2 saturated heterocycles. The maximum absolute atomic E-state index is 10.5. The summed E-state index contributed by atoms with van der Waals surface area (Å²) in [5.41, 5.74) is 4.07. The SMILES string of the molecule is CC1(C)CC(Oc2nc(N)nc(OC3CC(C)(C)N(O)C(C)(C)C3)n2)CC(C)(C)N1O. The molecule has 2 aliphatic rings. The molecule has 0 radical (unpaired) electrons. The number of hydroxylamine groups is 4. The van der Waals surface area contributed by atoms with Crippen LogP contribution in [0.2, 0.25) is 0 Å². The summed E-state index contributed by atoms with van der Waals surface area (Å²) >= 11 is 0. The molecule has 3 heterocycles. The molecule has 3 rings (SSSR count). The van der Waals surface area contributed by atoms with Crippen LogP contribution in [0, 0.1) is 0 Å². The van der Waals surface area contributed by atoms with Crippen molar-refractivity contribution in [3.05, 3.63) is 0 Å². The molecule has 0 bridgehead atoms. The van der Waals surface area contributed by atoms with Gasteiger partial charge in [0.15, 0.2) is 0 Å². The molecule has 0 amide bonds. The Morgan fingerprint density at radius 1 is 0.677 bits per heavy atom. The van der Waals surface area contributed by atoms with Gasteiger partial charge in [-0.2, -0.15) is 20.1 Å². The normalized spacial score (nSPS) is 26.5. The minimum absolute atomic E-state index is 0.0243. The van der Waals surface area contributed by atoms with E-state index in [0.717, 1.165) is 0 Å². The molecule has 4 N–H and O–H groups in total. The second-order valence-corrected chi connectivity index (χ2v) is 11.4. The van der Waals surface area contributed by atoms with E-state index in [9.17, 15) is 10.4 Å². The molecule has 0 unspecified atom stereocenters. The van der Waals surface area contributed by atoms with Crippen molar-refractivity contribution in [1.82, 2.24) is 25.1 Å². The van der Waals surface area contributed by atoms with Crippen LogP contribution < -0.4 is 15.2 Å². The fourth-order valence-corrected chi connectivity index (χ4v) is 5.28. The largest absolute Gasteiger partial charge is 0.460 e. The van der Waals surface area contributed by atoms with Crippen LogP contribution in [0.5, 0.6) is 12.0 Å². The Morgan fingerprint density at radius 2 is 0.968 bits per heavy atom. The molecule has 0 atom stereocenters. The van der Waals surface area contributed by atoms with Crippen LogP contribution in [-0.4, -0.2) is 69.9 Å². The predicted molar refractivity (Wildman–Crippen MR) is 115 cm³/mol. The molecule has 10 nitrogen and oxygen atoms in total. The number of ether oxygens (including phenoxy) is 2. The van der Waals surface area contributed by atoms with Crippen LogP contribution in [0.3, 0.4) is 0 Å². The van der Waals surface area contributed by atoms with Crippen molar-refractivity contribution in [3.63, 3.8) is 0 Å². The van der Waals surface area contributed by atoms with Crippen molar-refractivity contribution in [2.75, 3.05) is 5.73 Å². The number of hydrogen-bond donors (Lipinski definition) is 3. The molecule has 0 spiro atoms. The smallest absolute Gasteiger partial charge is 0.324 e. The molecular weight excluding hydrogens is 400 g/mol. The second kappa shape index (κ2) is 7.68. The third kappa shape index (κ3) is 5.02. The number of aromatic nitrogens is 3. The molecule has 0 aliphatic carbocycles. The number of nitrogens with zero attached hydrogens (tertiary/aromatic N) is 5. The maximum atomic E-state index is 10.5. The van der Waals surface area contributed by atoms with Crippen molar-refractivity contribution < 1.29 is 19.9 Å². The monoisotopic (exact) mass is 438 g/mol. The van der Waals surface area contributed by atoms with Gasteiger partial charge in [-0.15, -0.1) is 4.98 Å². The van der Waals surface area contributed by atoms with Crippen molar-refractivity contribution in [2.24, 2.45) is 0 Å². The first-order valence-electron chi connectivity index (χ1n) is 10.9. The highest BCUT2D eigenvalue weighted by Gasteiger charge is 2.47. The lowest BCUT2D eigenvalue weighted by molar-refractivity contribution is -0.255. The summed E-state index contributed by atoms with van der Waals surface area (Å²) in [7, 11) is 0. The Hall–Kier alpha value is -1.75. The first-order chi connectivity index (χ1) is 14.0. The van der Waals surface area contributed by atoms with Crippen LogP contribution >= 0.6 is 0 Å². The Labute approximate surface area is 184 Å². The molecule has 2 fully saturated rings. The quantitative estimate of drug-likeness (QED) is 0.645. The van der Waals surface area contributed by atoms with Gasteiger partial charge in [-0.1, -0.05) is 0 Å². The van der Waals surface area contributed by atoms with Gasteiger partial charge in [0.05, 0.1) is 0 Å². The van der Waals surface area contributed by atoms with Gasteiger partial charge in [-0.25, -0.2) is 0 Å². The minimum Gasteiger partial charge on any atom is -0.460 e. The summed E-state index contributed by atoms with van der Waals surface area (Å²) in [5.74, 6) is 0.0243. The van der Waals surface area contributed by atoms with Crippen molar-refractivity contribution in [3.8, 4) is 12.0 Å². The lowest BCUT2D eigenvalue weighted by atomic mass is 9.80. The zero-order chi connectivity index (χ0) is 23.4. The standard InChI is InChI=1S/C21H38N6O4/c1-18(2)9-13(10-19(3,4)26(18)28)30-16-23-15(22)24-17(25-16)31-14-11-20(5,6)27(29)21(7,8)12-14/h13-14,28-29H,9-12H2,1-8H3,(H2,22,23,24,25). The maximum Gasteiger partial charge on any atom is 0.324 e. The first-order valence-corrected chi connectivity index (χ1v) is 10.9. The molecule has 0 aromatic carbocycles. The first kappa shape index (κ1) is 23.9. The predicted octanol–water partition coefficient (Wildman–Crippen LogP) is 3.03. The molecule has 176 valence electrons. The summed E-state index contributed by atoms with van der Waals surface area (Å²) in [4.78, 5) is 12.6. The number of nitrogen functional groups attached to an aromatic ring is 1. The van der Waals surface area contributed by atoms with Crippen LogP contribution in [0.1, 0.15) is 81.1 Å². The van der Waals surface area contributed by atoms with E-state index in [-0.39, 0.29) is 30.2 Å². The van der Waals surface area contributed by atoms with Crippen LogP contribution in [0.4, 0.5) is 5.95 Å². The summed E-state index contributed by atoms with van der Waals surface area (Å²) in [6.45, 7) is 15.8. The van der Waals surface area contributed by atoms with E-state index in [4.69, 9.17) is 15.2 Å². The highest BCUT2D eigenvalue weighted by Crippen LogP contribution is 2.39. The zero-order valence-electron chi connectivity index (χ0n) is 20.0. The van der Waals surface area contributed by atoms with E-state index in [1.807, 2.05) is 55.4 Å². The van der Waals surface area contributed by atoms with Gasteiger partial charge in [0.1, 0.15) is 12.2 Å². The molecule has 10 heteroatoms. The van der Waals surface area contributed by atoms with Gasteiger partial charge in [-0.05, 0) is 55.4 Å². The van der Waals surface area contributed by atoms with Crippen molar-refractivity contribution >= 4 is 5.95 Å². The molecule has 0 saturated carbocycles. The lowest BCUT2D eigenvalue weighted by Crippen LogP contribution is -2.61. The lowest BCUT2D eigenvalue weighted by Gasteiger charge is -2.51. The van der Waals surface area contributed by atoms with Gasteiger partial charge in [0.25, 0.3) is 0 Å². The van der Waals surface area contributed by atoms with E-state index >= 15 is 0 Å². The highest BCUT2D eigenvalue weighted by atomic mass is 16.5. The molecule has 2 aliphatic heterocycles. The second-order valence-electron chi connectivity index (χ2n) is 11.4. The number of rotatable bonds is 4. The minimum atomic E-state index is -0.459. The average Bonchev–Trinajstić information content (AvgIpc) is 2.56. The Bertz CT molecular complexity index is 715. The van der Waals surface area contributed by atoms with Crippen LogP contribution in [0.15, 0.2) is 0 Å². The topological polar surface area (TPSA) is 130 Å². The number of anilines is 1. The summed E-state index contributed by atoms with van der Waals surface area (Å²) < 4.78 is 12.2. The summed E-state index contributed by atoms with van der Waals surface area (Å²) in [6, 6.07) is 0.229. The van der Waals surface area contributed by atoms with Gasteiger partial charge in [0.2, 0.25) is 5.95 Å². The van der Waals surface area contributed by atoms with Crippen LogP contribution in [-0.2, 0) is 0 Å². The molecule has 1 aromatic heterocycles. The zero-order valence-corrected chi connectivity index (χ0v) is 20.0. The third-order valence-corrected chi connectivity index (χ3v) is 6.36. The van der Waals surface area contributed by atoms with Gasteiger partial charge in [-0.3, -0.25) is 0 Å². The van der Waals surface area contributed by atoms with Crippen LogP contribution in [0.25, 0.3) is 0 Å². The van der Waals surface area contributed by atoms with Gasteiger partial charge in [0, 0.05) is 47.8 Å². The van der Waals surface area contributed by atoms with E-state index in [2.05, 4.69) is 15.0 Å². The average molecular weight is 439 g/mol. The Morgan fingerprint density at radius 3 is 1.26 bits per heavy atom. The molecule has 1 aromatic rings. The number of nitrogens with two attached hydrogens (primary N) is 1.